The van der Waals surface area contributed by atoms with Crippen LogP contribution in [0, 0.1) is 0 Å². The van der Waals surface area contributed by atoms with Crippen molar-refractivity contribution < 1.29 is 9.90 Å². The van der Waals surface area contributed by atoms with Gasteiger partial charge in [-0.15, -0.1) is 0 Å². The topological polar surface area (TPSA) is 89.1 Å². The molecule has 0 bridgehead atoms. The SMILES string of the molecule is CC(C)c1cnc(C(N)C(=O)O)nc1. The van der Waals surface area contributed by atoms with E-state index in [0.29, 0.717) is 5.92 Å². The molecule has 14 heavy (non-hydrogen) atoms. The van der Waals surface area contributed by atoms with Crippen LogP contribution >= 0.6 is 0 Å². The van der Waals surface area contributed by atoms with Crippen LogP contribution in [-0.2, 0) is 4.79 Å². The third-order valence-electron chi connectivity index (χ3n) is 1.90. The molecule has 0 amide bonds. The summed E-state index contributed by atoms with van der Waals surface area (Å²) in [7, 11) is 0. The lowest BCUT2D eigenvalue weighted by Crippen LogP contribution is -2.23. The van der Waals surface area contributed by atoms with E-state index in [-0.39, 0.29) is 5.82 Å². The minimum absolute atomic E-state index is 0.141. The Balaban J connectivity index is 2.88. The Morgan fingerprint density at radius 2 is 1.93 bits per heavy atom. The molecule has 1 unspecified atom stereocenters. The van der Waals surface area contributed by atoms with E-state index in [9.17, 15) is 4.79 Å². The third-order valence-corrected chi connectivity index (χ3v) is 1.90. The molecule has 5 nitrogen and oxygen atoms in total. The van der Waals surface area contributed by atoms with Crippen LogP contribution in [0.25, 0.3) is 0 Å². The Labute approximate surface area is 82.0 Å². The standard InChI is InChI=1S/C9H13N3O2/c1-5(2)6-3-11-8(12-4-6)7(10)9(13)14/h3-5,7H,10H2,1-2H3,(H,13,14). The lowest BCUT2D eigenvalue weighted by molar-refractivity contribution is -0.138. The first-order chi connectivity index (χ1) is 6.52. The second kappa shape index (κ2) is 4.15. The molecule has 0 radical (unpaired) electrons. The highest BCUT2D eigenvalue weighted by atomic mass is 16.4. The molecule has 1 rings (SSSR count). The summed E-state index contributed by atoms with van der Waals surface area (Å²) in [4.78, 5) is 18.3. The zero-order valence-corrected chi connectivity index (χ0v) is 8.14. The van der Waals surface area contributed by atoms with Gasteiger partial charge in [-0.3, -0.25) is 4.79 Å². The van der Waals surface area contributed by atoms with Crippen LogP contribution in [-0.4, -0.2) is 21.0 Å². The highest BCUT2D eigenvalue weighted by molar-refractivity contribution is 5.73. The fourth-order valence-corrected chi connectivity index (χ4v) is 0.917. The average Bonchev–Trinajstić information content (AvgIpc) is 2.16. The monoisotopic (exact) mass is 195 g/mol. The predicted octanol–water partition coefficient (Wildman–Crippen LogP) is 0.684. The van der Waals surface area contributed by atoms with Gasteiger partial charge in [-0.25, -0.2) is 9.97 Å². The molecule has 0 aliphatic carbocycles. The molecular formula is C9H13N3O2. The van der Waals surface area contributed by atoms with Crippen molar-refractivity contribution in [2.24, 2.45) is 5.73 Å². The number of carboxylic acid groups (broad SMARTS) is 1. The maximum atomic E-state index is 10.5. The Bertz CT molecular complexity index is 321. The van der Waals surface area contributed by atoms with Gasteiger partial charge in [0.05, 0.1) is 0 Å². The first-order valence-electron chi connectivity index (χ1n) is 4.32. The first kappa shape index (κ1) is 10.6. The minimum atomic E-state index is -1.14. The van der Waals surface area contributed by atoms with Crippen molar-refractivity contribution in [1.82, 2.24) is 9.97 Å². The van der Waals surface area contributed by atoms with Crippen molar-refractivity contribution in [2.75, 3.05) is 0 Å². The molecule has 5 heteroatoms. The molecule has 0 aliphatic heterocycles. The van der Waals surface area contributed by atoms with Gasteiger partial charge in [0.1, 0.15) is 0 Å². The van der Waals surface area contributed by atoms with E-state index in [1.807, 2.05) is 13.8 Å². The van der Waals surface area contributed by atoms with Crippen LogP contribution in [0.2, 0.25) is 0 Å². The Morgan fingerprint density at radius 3 is 2.29 bits per heavy atom. The highest BCUT2D eigenvalue weighted by Gasteiger charge is 2.17. The van der Waals surface area contributed by atoms with Gasteiger partial charge >= 0.3 is 5.97 Å². The fraction of sp³-hybridized carbons (Fsp3) is 0.444. The number of rotatable bonds is 3. The number of nitrogens with two attached hydrogens (primary N) is 1. The molecule has 0 saturated heterocycles. The summed E-state index contributed by atoms with van der Waals surface area (Å²) in [5, 5.41) is 8.61. The summed E-state index contributed by atoms with van der Waals surface area (Å²) in [6.07, 6.45) is 3.21. The van der Waals surface area contributed by atoms with Gasteiger partial charge in [0.25, 0.3) is 0 Å². The number of hydrogen-bond acceptors (Lipinski definition) is 4. The normalized spacial score (nSPS) is 12.9. The van der Waals surface area contributed by atoms with Crippen LogP contribution in [0.3, 0.4) is 0 Å². The molecule has 3 N–H and O–H groups in total. The quantitative estimate of drug-likeness (QED) is 0.740. The molecule has 1 aromatic heterocycles. The van der Waals surface area contributed by atoms with E-state index >= 15 is 0 Å². The van der Waals surface area contributed by atoms with Crippen LogP contribution in [0.15, 0.2) is 12.4 Å². The van der Waals surface area contributed by atoms with E-state index in [2.05, 4.69) is 9.97 Å². The van der Waals surface area contributed by atoms with E-state index in [1.54, 1.807) is 12.4 Å². The molecule has 1 aromatic rings. The summed E-state index contributed by atoms with van der Waals surface area (Å²) < 4.78 is 0. The molecule has 1 heterocycles. The van der Waals surface area contributed by atoms with Gasteiger partial charge in [0, 0.05) is 12.4 Å². The summed E-state index contributed by atoms with van der Waals surface area (Å²) in [6, 6.07) is -1.14. The number of carboxylic acids is 1. The largest absolute Gasteiger partial charge is 0.480 e. The maximum Gasteiger partial charge on any atom is 0.328 e. The third kappa shape index (κ3) is 2.26. The molecule has 0 fully saturated rings. The predicted molar refractivity (Wildman–Crippen MR) is 50.7 cm³/mol. The van der Waals surface area contributed by atoms with Crippen LogP contribution < -0.4 is 5.73 Å². The highest BCUT2D eigenvalue weighted by Crippen LogP contribution is 2.12. The number of hydrogen-bond donors (Lipinski definition) is 2. The summed E-state index contributed by atoms with van der Waals surface area (Å²) in [5.74, 6) is -0.658. The van der Waals surface area contributed by atoms with E-state index < -0.39 is 12.0 Å². The zero-order chi connectivity index (χ0) is 10.7. The lowest BCUT2D eigenvalue weighted by atomic mass is 10.1. The van der Waals surface area contributed by atoms with Gasteiger partial charge in [-0.2, -0.15) is 0 Å². The first-order valence-corrected chi connectivity index (χ1v) is 4.32. The second-order valence-corrected chi connectivity index (χ2v) is 3.35. The van der Waals surface area contributed by atoms with Crippen molar-refractivity contribution in [1.29, 1.82) is 0 Å². The van der Waals surface area contributed by atoms with Crippen LogP contribution in [0.4, 0.5) is 0 Å². The van der Waals surface area contributed by atoms with Gasteiger partial charge < -0.3 is 10.8 Å². The minimum Gasteiger partial charge on any atom is -0.480 e. The number of nitrogens with zero attached hydrogens (tertiary/aromatic N) is 2. The van der Waals surface area contributed by atoms with Crippen molar-refractivity contribution in [3.8, 4) is 0 Å². The van der Waals surface area contributed by atoms with Gasteiger partial charge in [-0.05, 0) is 11.5 Å². The Kier molecular flexibility index (Phi) is 3.14. The maximum absolute atomic E-state index is 10.5. The molecule has 0 aliphatic rings. The second-order valence-electron chi connectivity index (χ2n) is 3.35. The van der Waals surface area contributed by atoms with Crippen molar-refractivity contribution >= 4 is 5.97 Å². The molecule has 1 atom stereocenters. The van der Waals surface area contributed by atoms with Crippen LogP contribution in [0.1, 0.15) is 37.2 Å². The summed E-state index contributed by atoms with van der Waals surface area (Å²) in [6.45, 7) is 4.02. The van der Waals surface area contributed by atoms with Gasteiger partial charge in [-0.1, -0.05) is 13.8 Å². The Morgan fingerprint density at radius 1 is 1.43 bits per heavy atom. The smallest absolute Gasteiger partial charge is 0.328 e. The molecular weight excluding hydrogens is 182 g/mol. The molecule has 0 saturated carbocycles. The van der Waals surface area contributed by atoms with Crippen molar-refractivity contribution in [3.63, 3.8) is 0 Å². The van der Waals surface area contributed by atoms with Gasteiger partial charge in [0.2, 0.25) is 0 Å². The lowest BCUT2D eigenvalue weighted by Gasteiger charge is -2.07. The number of aliphatic carboxylic acids is 1. The zero-order valence-electron chi connectivity index (χ0n) is 8.14. The molecule has 76 valence electrons. The van der Waals surface area contributed by atoms with Gasteiger partial charge in [0.15, 0.2) is 11.9 Å². The van der Waals surface area contributed by atoms with E-state index in [4.69, 9.17) is 10.8 Å². The molecule has 0 aromatic carbocycles. The molecule has 0 spiro atoms. The summed E-state index contributed by atoms with van der Waals surface area (Å²) in [5.41, 5.74) is 6.30. The van der Waals surface area contributed by atoms with E-state index in [1.165, 1.54) is 0 Å². The van der Waals surface area contributed by atoms with Crippen molar-refractivity contribution in [3.05, 3.63) is 23.8 Å². The van der Waals surface area contributed by atoms with Crippen LogP contribution in [0.5, 0.6) is 0 Å². The number of carbonyl (C=O) groups is 1. The van der Waals surface area contributed by atoms with Crippen molar-refractivity contribution in [2.45, 2.75) is 25.8 Å². The Hall–Kier alpha value is -1.49. The number of aromatic nitrogens is 2. The fourth-order valence-electron chi connectivity index (χ4n) is 0.917. The van der Waals surface area contributed by atoms with E-state index in [0.717, 1.165) is 5.56 Å². The average molecular weight is 195 g/mol. The summed E-state index contributed by atoms with van der Waals surface area (Å²) >= 11 is 0.